The van der Waals surface area contributed by atoms with Crippen LogP contribution in [0.5, 0.6) is 5.75 Å². The number of nitrogens with two attached hydrogens (primary N) is 1. The molecule has 0 spiro atoms. The molecule has 1 aliphatic carbocycles. The molecule has 2 atom stereocenters. The largest absolute Gasteiger partial charge is 0.496 e. The molecule has 0 bridgehead atoms. The molecule has 1 saturated carbocycles. The van der Waals surface area contributed by atoms with Crippen molar-refractivity contribution in [3.63, 3.8) is 0 Å². The van der Waals surface area contributed by atoms with Gasteiger partial charge in [0.15, 0.2) is 0 Å². The molecule has 0 saturated heterocycles. The molecule has 0 heterocycles. The Bertz CT molecular complexity index is 509. The summed E-state index contributed by atoms with van der Waals surface area (Å²) >= 11 is 0. The number of benzene rings is 1. The number of amides is 1. The van der Waals surface area contributed by atoms with E-state index in [0.717, 1.165) is 30.6 Å². The van der Waals surface area contributed by atoms with E-state index < -0.39 is 5.54 Å². The molecule has 2 rings (SSSR count). The molecule has 1 amide bonds. The van der Waals surface area contributed by atoms with Crippen molar-refractivity contribution in [1.29, 1.82) is 0 Å². The zero-order valence-corrected chi connectivity index (χ0v) is 13.4. The van der Waals surface area contributed by atoms with Gasteiger partial charge in [-0.2, -0.15) is 0 Å². The van der Waals surface area contributed by atoms with Gasteiger partial charge in [-0.1, -0.05) is 18.2 Å². The van der Waals surface area contributed by atoms with Crippen molar-refractivity contribution < 1.29 is 9.53 Å². The standard InChI is InChI=1S/C17H26N2O2/c1-12(11-13-7-5-6-8-15(13)21-4)19(3)16(20)17(2,18)14-9-10-14/h5-8,12,14H,9-11,18H2,1-4H3. The smallest absolute Gasteiger partial charge is 0.242 e. The molecule has 1 aromatic carbocycles. The lowest BCUT2D eigenvalue weighted by molar-refractivity contribution is -0.137. The summed E-state index contributed by atoms with van der Waals surface area (Å²) in [6.45, 7) is 3.91. The molecule has 2 unspecified atom stereocenters. The maximum atomic E-state index is 12.6. The van der Waals surface area contributed by atoms with Crippen LogP contribution in [0.4, 0.5) is 0 Å². The van der Waals surface area contributed by atoms with Gasteiger partial charge in [-0.15, -0.1) is 0 Å². The number of likely N-dealkylation sites (N-methyl/N-ethyl adjacent to an activating group) is 1. The zero-order chi connectivity index (χ0) is 15.6. The van der Waals surface area contributed by atoms with Crippen LogP contribution >= 0.6 is 0 Å². The van der Waals surface area contributed by atoms with E-state index >= 15 is 0 Å². The van der Waals surface area contributed by atoms with Gasteiger partial charge >= 0.3 is 0 Å². The minimum Gasteiger partial charge on any atom is -0.496 e. The molecule has 0 aliphatic heterocycles. The molecule has 1 fully saturated rings. The van der Waals surface area contributed by atoms with Gasteiger partial charge in [0.1, 0.15) is 5.75 Å². The van der Waals surface area contributed by atoms with E-state index in [9.17, 15) is 4.79 Å². The topological polar surface area (TPSA) is 55.6 Å². The van der Waals surface area contributed by atoms with Crippen molar-refractivity contribution >= 4 is 5.91 Å². The lowest BCUT2D eigenvalue weighted by atomic mass is 9.94. The van der Waals surface area contributed by atoms with Crippen LogP contribution in [0.25, 0.3) is 0 Å². The van der Waals surface area contributed by atoms with Crippen LogP contribution in [0, 0.1) is 5.92 Å². The first-order chi connectivity index (χ1) is 9.87. The fourth-order valence-electron chi connectivity index (χ4n) is 2.76. The Kier molecular flexibility index (Phi) is 4.57. The predicted octanol–water partition coefficient (Wildman–Crippen LogP) is 2.21. The lowest BCUT2D eigenvalue weighted by Gasteiger charge is -2.33. The number of ether oxygens (including phenoxy) is 1. The second kappa shape index (κ2) is 6.06. The molecular formula is C17H26N2O2. The summed E-state index contributed by atoms with van der Waals surface area (Å²) < 4.78 is 5.37. The maximum Gasteiger partial charge on any atom is 0.242 e. The Hall–Kier alpha value is -1.55. The first-order valence-electron chi connectivity index (χ1n) is 7.56. The highest BCUT2D eigenvalue weighted by molar-refractivity contribution is 5.86. The molecule has 0 radical (unpaired) electrons. The Labute approximate surface area is 127 Å². The molecule has 21 heavy (non-hydrogen) atoms. The first-order valence-corrected chi connectivity index (χ1v) is 7.56. The number of carbonyl (C=O) groups is 1. The quantitative estimate of drug-likeness (QED) is 0.874. The minimum atomic E-state index is -0.732. The number of para-hydroxylation sites is 1. The molecule has 4 heteroatoms. The Morgan fingerprint density at radius 1 is 1.48 bits per heavy atom. The van der Waals surface area contributed by atoms with Crippen LogP contribution in [0.3, 0.4) is 0 Å². The molecule has 1 aromatic rings. The molecule has 0 aromatic heterocycles. The summed E-state index contributed by atoms with van der Waals surface area (Å²) in [6.07, 6.45) is 2.88. The fraction of sp³-hybridized carbons (Fsp3) is 0.588. The molecule has 116 valence electrons. The summed E-state index contributed by atoms with van der Waals surface area (Å²) in [4.78, 5) is 14.4. The third-order valence-electron chi connectivity index (χ3n) is 4.58. The average Bonchev–Trinajstić information content (AvgIpc) is 3.31. The maximum absolute atomic E-state index is 12.6. The van der Waals surface area contributed by atoms with Crippen molar-refractivity contribution in [1.82, 2.24) is 4.90 Å². The summed E-state index contributed by atoms with van der Waals surface area (Å²) in [5.74, 6) is 1.24. The van der Waals surface area contributed by atoms with Crippen LogP contribution < -0.4 is 10.5 Å². The number of hydrogen-bond acceptors (Lipinski definition) is 3. The van der Waals surface area contributed by atoms with Crippen LogP contribution in [-0.2, 0) is 11.2 Å². The molecular weight excluding hydrogens is 264 g/mol. The van der Waals surface area contributed by atoms with Crippen LogP contribution in [-0.4, -0.2) is 36.5 Å². The van der Waals surface area contributed by atoms with E-state index in [4.69, 9.17) is 10.5 Å². The Morgan fingerprint density at radius 3 is 2.67 bits per heavy atom. The van der Waals surface area contributed by atoms with E-state index in [1.54, 1.807) is 12.0 Å². The van der Waals surface area contributed by atoms with Crippen LogP contribution in [0.15, 0.2) is 24.3 Å². The first kappa shape index (κ1) is 15.8. The van der Waals surface area contributed by atoms with Gasteiger partial charge in [0.2, 0.25) is 5.91 Å². The van der Waals surface area contributed by atoms with Gasteiger partial charge in [-0.25, -0.2) is 0 Å². The van der Waals surface area contributed by atoms with Gasteiger partial charge in [0.05, 0.1) is 12.6 Å². The molecule has 1 aliphatic rings. The number of nitrogens with zero attached hydrogens (tertiary/aromatic N) is 1. The number of rotatable bonds is 6. The summed E-state index contributed by atoms with van der Waals surface area (Å²) in [5, 5.41) is 0. The Balaban J connectivity index is 2.05. The minimum absolute atomic E-state index is 0.0346. The highest BCUT2D eigenvalue weighted by Gasteiger charge is 2.45. The number of carbonyl (C=O) groups excluding carboxylic acids is 1. The monoisotopic (exact) mass is 290 g/mol. The number of methoxy groups -OCH3 is 1. The SMILES string of the molecule is COc1ccccc1CC(C)N(C)C(=O)C(C)(N)C1CC1. The third-order valence-corrected chi connectivity index (χ3v) is 4.58. The average molecular weight is 290 g/mol. The van der Waals surface area contributed by atoms with E-state index in [-0.39, 0.29) is 11.9 Å². The second-order valence-electron chi connectivity index (χ2n) is 6.34. The Morgan fingerprint density at radius 2 is 2.10 bits per heavy atom. The van der Waals surface area contributed by atoms with Crippen LogP contribution in [0.1, 0.15) is 32.3 Å². The van der Waals surface area contributed by atoms with E-state index in [2.05, 4.69) is 0 Å². The highest BCUT2D eigenvalue weighted by atomic mass is 16.5. The van der Waals surface area contributed by atoms with Gasteiger partial charge in [-0.3, -0.25) is 4.79 Å². The molecule has 2 N–H and O–H groups in total. The predicted molar refractivity (Wildman–Crippen MR) is 84.2 cm³/mol. The second-order valence-corrected chi connectivity index (χ2v) is 6.34. The molecule has 4 nitrogen and oxygen atoms in total. The van der Waals surface area contributed by atoms with Crippen molar-refractivity contribution in [3.8, 4) is 5.75 Å². The van der Waals surface area contributed by atoms with Crippen LogP contribution in [0.2, 0.25) is 0 Å². The summed E-state index contributed by atoms with van der Waals surface area (Å²) in [5.41, 5.74) is 6.61. The summed E-state index contributed by atoms with van der Waals surface area (Å²) in [7, 11) is 3.51. The van der Waals surface area contributed by atoms with Crippen molar-refractivity contribution in [2.75, 3.05) is 14.2 Å². The number of hydrogen-bond donors (Lipinski definition) is 1. The lowest BCUT2D eigenvalue weighted by Crippen LogP contribution is -2.56. The van der Waals surface area contributed by atoms with Gasteiger partial charge in [-0.05, 0) is 50.7 Å². The highest BCUT2D eigenvalue weighted by Crippen LogP contribution is 2.39. The van der Waals surface area contributed by atoms with Crippen molar-refractivity contribution in [3.05, 3.63) is 29.8 Å². The van der Waals surface area contributed by atoms with E-state index in [0.29, 0.717) is 5.92 Å². The van der Waals surface area contributed by atoms with E-state index in [1.807, 2.05) is 45.2 Å². The summed E-state index contributed by atoms with van der Waals surface area (Å²) in [6, 6.07) is 8.00. The van der Waals surface area contributed by atoms with Crippen molar-refractivity contribution in [2.45, 2.75) is 44.7 Å². The normalized spacial score (nSPS) is 18.7. The van der Waals surface area contributed by atoms with Gasteiger partial charge < -0.3 is 15.4 Å². The van der Waals surface area contributed by atoms with Crippen molar-refractivity contribution in [2.24, 2.45) is 11.7 Å². The van der Waals surface area contributed by atoms with Gasteiger partial charge in [0, 0.05) is 13.1 Å². The van der Waals surface area contributed by atoms with E-state index in [1.165, 1.54) is 0 Å². The van der Waals surface area contributed by atoms with Gasteiger partial charge in [0.25, 0.3) is 0 Å². The zero-order valence-electron chi connectivity index (χ0n) is 13.4. The fourth-order valence-corrected chi connectivity index (χ4v) is 2.76. The third kappa shape index (κ3) is 3.38.